The van der Waals surface area contributed by atoms with Crippen LogP contribution in [0.25, 0.3) is 0 Å². The molecule has 1 atom stereocenters. The Labute approximate surface area is 119 Å². The topological polar surface area (TPSA) is 45.2 Å². The fourth-order valence-electron chi connectivity index (χ4n) is 2.73. The van der Waals surface area contributed by atoms with Crippen LogP contribution in [-0.2, 0) is 4.79 Å². The maximum Gasteiger partial charge on any atom is 0.227 e. The quantitative estimate of drug-likeness (QED) is 0.855. The van der Waals surface area contributed by atoms with Crippen LogP contribution >= 0.6 is 24.8 Å². The molecule has 0 aromatic carbocycles. The number of halogens is 2. The average Bonchev–Trinajstić information content (AvgIpc) is 2.88. The SMILES string of the molecule is Cl.Cl.O=C1CC2(CCNC2)CN1c1cccnc1. The highest BCUT2D eigenvalue weighted by molar-refractivity contribution is 5.96. The lowest BCUT2D eigenvalue weighted by atomic mass is 9.86. The third kappa shape index (κ3) is 2.60. The van der Waals surface area contributed by atoms with Gasteiger partial charge in [-0.05, 0) is 25.1 Å². The molecular formula is C12H17Cl2N3O. The Morgan fingerprint density at radius 3 is 2.83 bits per heavy atom. The number of nitrogens with one attached hydrogen (secondary N) is 1. The van der Waals surface area contributed by atoms with Crippen molar-refractivity contribution in [3.05, 3.63) is 24.5 Å². The summed E-state index contributed by atoms with van der Waals surface area (Å²) in [7, 11) is 0. The lowest BCUT2D eigenvalue weighted by Crippen LogP contribution is -2.29. The molecule has 2 saturated heterocycles. The van der Waals surface area contributed by atoms with E-state index < -0.39 is 0 Å². The third-order valence-corrected chi connectivity index (χ3v) is 3.61. The standard InChI is InChI=1S/C12H15N3O.2ClH/c16-11-6-12(3-5-14-8-12)9-15(11)10-2-1-4-13-7-10;;/h1-2,4,7,14H,3,5-6,8-9H2;2*1H. The summed E-state index contributed by atoms with van der Waals surface area (Å²) in [6, 6.07) is 3.83. The molecule has 1 N–H and O–H groups in total. The number of hydrogen-bond donors (Lipinski definition) is 1. The fraction of sp³-hybridized carbons (Fsp3) is 0.500. The molecule has 2 aliphatic heterocycles. The largest absolute Gasteiger partial charge is 0.316 e. The minimum atomic E-state index is 0. The van der Waals surface area contributed by atoms with Crippen molar-refractivity contribution in [3.8, 4) is 0 Å². The maximum absolute atomic E-state index is 12.0. The highest BCUT2D eigenvalue weighted by atomic mass is 35.5. The van der Waals surface area contributed by atoms with E-state index in [0.29, 0.717) is 6.42 Å². The van der Waals surface area contributed by atoms with E-state index in [9.17, 15) is 4.79 Å². The third-order valence-electron chi connectivity index (χ3n) is 3.61. The van der Waals surface area contributed by atoms with Gasteiger partial charge < -0.3 is 10.2 Å². The molecule has 4 nitrogen and oxygen atoms in total. The van der Waals surface area contributed by atoms with Gasteiger partial charge in [0, 0.05) is 31.1 Å². The van der Waals surface area contributed by atoms with E-state index in [1.54, 1.807) is 12.4 Å². The molecule has 0 bridgehead atoms. The number of aromatic nitrogens is 1. The Hall–Kier alpha value is -0.840. The Morgan fingerprint density at radius 2 is 2.22 bits per heavy atom. The van der Waals surface area contributed by atoms with E-state index in [1.165, 1.54) is 0 Å². The van der Waals surface area contributed by atoms with Crippen molar-refractivity contribution in [2.45, 2.75) is 12.8 Å². The highest BCUT2D eigenvalue weighted by Crippen LogP contribution is 2.38. The molecule has 0 aliphatic carbocycles. The van der Waals surface area contributed by atoms with Gasteiger partial charge in [-0.15, -0.1) is 24.8 Å². The average molecular weight is 290 g/mol. The van der Waals surface area contributed by atoms with Gasteiger partial charge >= 0.3 is 0 Å². The van der Waals surface area contributed by atoms with Gasteiger partial charge in [-0.2, -0.15) is 0 Å². The van der Waals surface area contributed by atoms with Crippen LogP contribution in [0.1, 0.15) is 12.8 Å². The summed E-state index contributed by atoms with van der Waals surface area (Å²) in [5.41, 5.74) is 1.10. The molecule has 2 aliphatic rings. The van der Waals surface area contributed by atoms with Crippen molar-refractivity contribution in [3.63, 3.8) is 0 Å². The first-order chi connectivity index (χ1) is 7.79. The number of rotatable bonds is 1. The smallest absolute Gasteiger partial charge is 0.227 e. The van der Waals surface area contributed by atoms with Crippen LogP contribution in [-0.4, -0.2) is 30.5 Å². The van der Waals surface area contributed by atoms with E-state index >= 15 is 0 Å². The van der Waals surface area contributed by atoms with Gasteiger partial charge in [0.25, 0.3) is 0 Å². The minimum absolute atomic E-state index is 0. The Balaban J connectivity index is 0.000000810. The first kappa shape index (κ1) is 15.2. The molecule has 0 radical (unpaired) electrons. The van der Waals surface area contributed by atoms with Gasteiger partial charge in [0.2, 0.25) is 5.91 Å². The normalized spacial score (nSPS) is 26.0. The van der Waals surface area contributed by atoms with Gasteiger partial charge in [-0.1, -0.05) is 0 Å². The number of hydrogen-bond acceptors (Lipinski definition) is 3. The summed E-state index contributed by atoms with van der Waals surface area (Å²) in [5.74, 6) is 0.233. The molecule has 1 unspecified atom stereocenters. The van der Waals surface area contributed by atoms with Crippen LogP contribution in [0.4, 0.5) is 5.69 Å². The van der Waals surface area contributed by atoms with Crippen molar-refractivity contribution in [1.29, 1.82) is 0 Å². The molecule has 1 aromatic heterocycles. The molecule has 2 fully saturated rings. The summed E-state index contributed by atoms with van der Waals surface area (Å²) < 4.78 is 0. The van der Waals surface area contributed by atoms with Crippen molar-refractivity contribution in [1.82, 2.24) is 10.3 Å². The fourth-order valence-corrected chi connectivity index (χ4v) is 2.73. The number of carbonyl (C=O) groups is 1. The number of anilines is 1. The zero-order valence-corrected chi connectivity index (χ0v) is 11.6. The predicted octanol–water partition coefficient (Wildman–Crippen LogP) is 1.64. The van der Waals surface area contributed by atoms with E-state index in [-0.39, 0.29) is 36.1 Å². The van der Waals surface area contributed by atoms with Crippen LogP contribution in [0.3, 0.4) is 0 Å². The number of nitrogens with zero attached hydrogens (tertiary/aromatic N) is 2. The monoisotopic (exact) mass is 289 g/mol. The molecule has 3 heterocycles. The van der Waals surface area contributed by atoms with Crippen molar-refractivity contribution in [2.75, 3.05) is 24.5 Å². The molecular weight excluding hydrogens is 273 g/mol. The van der Waals surface area contributed by atoms with Gasteiger partial charge in [0.05, 0.1) is 11.9 Å². The summed E-state index contributed by atoms with van der Waals surface area (Å²) in [6.45, 7) is 2.84. The lowest BCUT2D eigenvalue weighted by Gasteiger charge is -2.21. The minimum Gasteiger partial charge on any atom is -0.316 e. The maximum atomic E-state index is 12.0. The molecule has 6 heteroatoms. The van der Waals surface area contributed by atoms with Crippen LogP contribution in [0.15, 0.2) is 24.5 Å². The number of amides is 1. The zero-order chi connectivity index (χ0) is 11.0. The molecule has 100 valence electrons. The predicted molar refractivity (Wildman–Crippen MR) is 75.6 cm³/mol. The second-order valence-electron chi connectivity index (χ2n) is 4.79. The van der Waals surface area contributed by atoms with Crippen LogP contribution in [0.5, 0.6) is 0 Å². The molecule has 18 heavy (non-hydrogen) atoms. The summed E-state index contributed by atoms with van der Waals surface area (Å²) >= 11 is 0. The summed E-state index contributed by atoms with van der Waals surface area (Å²) in [6.07, 6.45) is 5.28. The Morgan fingerprint density at radius 1 is 1.39 bits per heavy atom. The number of carbonyl (C=O) groups excluding carboxylic acids is 1. The zero-order valence-electron chi connectivity index (χ0n) is 9.96. The van der Waals surface area contributed by atoms with E-state index in [2.05, 4.69) is 10.3 Å². The molecule has 1 spiro atoms. The Kier molecular flexibility index (Phi) is 4.96. The first-order valence-electron chi connectivity index (χ1n) is 5.70. The van der Waals surface area contributed by atoms with Gasteiger partial charge in [-0.3, -0.25) is 9.78 Å². The molecule has 1 aromatic rings. The lowest BCUT2D eigenvalue weighted by molar-refractivity contribution is -0.117. The summed E-state index contributed by atoms with van der Waals surface area (Å²) in [4.78, 5) is 18.0. The van der Waals surface area contributed by atoms with Crippen LogP contribution in [0, 0.1) is 5.41 Å². The summed E-state index contributed by atoms with van der Waals surface area (Å²) in [5, 5.41) is 3.35. The van der Waals surface area contributed by atoms with Crippen LogP contribution < -0.4 is 10.2 Å². The van der Waals surface area contributed by atoms with E-state index in [1.807, 2.05) is 17.0 Å². The van der Waals surface area contributed by atoms with Gasteiger partial charge in [0.1, 0.15) is 0 Å². The van der Waals surface area contributed by atoms with Crippen molar-refractivity contribution in [2.24, 2.45) is 5.41 Å². The highest BCUT2D eigenvalue weighted by Gasteiger charge is 2.45. The van der Waals surface area contributed by atoms with Crippen molar-refractivity contribution >= 4 is 36.4 Å². The Bertz CT molecular complexity index is 407. The van der Waals surface area contributed by atoms with Crippen molar-refractivity contribution < 1.29 is 4.79 Å². The molecule has 1 amide bonds. The van der Waals surface area contributed by atoms with Gasteiger partial charge in [0.15, 0.2) is 0 Å². The first-order valence-corrected chi connectivity index (χ1v) is 5.70. The molecule has 0 saturated carbocycles. The number of pyridine rings is 1. The van der Waals surface area contributed by atoms with E-state index in [4.69, 9.17) is 0 Å². The second-order valence-corrected chi connectivity index (χ2v) is 4.79. The molecule has 3 rings (SSSR count). The second kappa shape index (κ2) is 5.87. The van der Waals surface area contributed by atoms with E-state index in [0.717, 1.165) is 31.7 Å². The van der Waals surface area contributed by atoms with Crippen LogP contribution in [0.2, 0.25) is 0 Å². The van der Waals surface area contributed by atoms with Gasteiger partial charge in [-0.25, -0.2) is 0 Å².